The Kier molecular flexibility index (Phi) is 7.83. The molecule has 2 aromatic rings. The minimum atomic E-state index is -4.36. The second-order valence-corrected chi connectivity index (χ2v) is 6.69. The number of hydrogen-bond acceptors (Lipinski definition) is 4. The molecular formula is C19H18Cl2F3NO3. The first-order valence-corrected chi connectivity index (χ1v) is 9.09. The first-order valence-electron chi connectivity index (χ1n) is 8.33. The van der Waals surface area contributed by atoms with Crippen molar-refractivity contribution in [2.24, 2.45) is 5.16 Å². The molecule has 0 unspecified atom stereocenters. The van der Waals surface area contributed by atoms with Crippen LogP contribution in [0.25, 0.3) is 0 Å². The Bertz CT molecular complexity index is 801. The molecule has 0 aliphatic rings. The number of oxime groups is 1. The molecule has 1 N–H and O–H groups in total. The summed E-state index contributed by atoms with van der Waals surface area (Å²) >= 11 is 11.9. The van der Waals surface area contributed by atoms with E-state index in [-0.39, 0.29) is 15.8 Å². The molecule has 0 saturated heterocycles. The Morgan fingerprint density at radius 2 is 1.61 bits per heavy atom. The van der Waals surface area contributed by atoms with E-state index in [0.717, 1.165) is 12.1 Å². The van der Waals surface area contributed by atoms with Crippen molar-refractivity contribution >= 4 is 28.9 Å². The number of alkyl halides is 3. The van der Waals surface area contributed by atoms with Crippen LogP contribution < -0.4 is 4.74 Å². The lowest BCUT2D eigenvalue weighted by molar-refractivity contribution is -0.137. The quantitative estimate of drug-likeness (QED) is 0.300. The van der Waals surface area contributed by atoms with Gasteiger partial charge >= 0.3 is 6.18 Å². The highest BCUT2D eigenvalue weighted by atomic mass is 35.5. The van der Waals surface area contributed by atoms with Crippen LogP contribution in [0.15, 0.2) is 41.6 Å². The van der Waals surface area contributed by atoms with Gasteiger partial charge in [-0.3, -0.25) is 0 Å². The lowest BCUT2D eigenvalue weighted by atomic mass is 10.1. The van der Waals surface area contributed by atoms with Gasteiger partial charge in [0.2, 0.25) is 0 Å². The minimum Gasteiger partial charge on any atom is -0.508 e. The molecule has 0 aliphatic heterocycles. The van der Waals surface area contributed by atoms with Gasteiger partial charge in [-0.05, 0) is 37.5 Å². The van der Waals surface area contributed by atoms with Crippen molar-refractivity contribution in [2.75, 3.05) is 13.2 Å². The molecule has 0 bridgehead atoms. The summed E-state index contributed by atoms with van der Waals surface area (Å²) in [6.45, 7) is 2.31. The highest BCUT2D eigenvalue weighted by Crippen LogP contribution is 2.36. The maximum atomic E-state index is 12.6. The van der Waals surface area contributed by atoms with Gasteiger partial charge in [0, 0.05) is 12.1 Å². The number of phenols is 1. The molecule has 0 saturated carbocycles. The van der Waals surface area contributed by atoms with Gasteiger partial charge in [-0.15, -0.1) is 0 Å². The molecule has 152 valence electrons. The number of unbranched alkanes of at least 4 members (excludes halogenated alkanes) is 1. The number of nitrogens with zero attached hydrogens (tertiary/aromatic N) is 1. The number of benzene rings is 2. The van der Waals surface area contributed by atoms with Crippen molar-refractivity contribution in [1.82, 2.24) is 0 Å². The molecule has 0 heterocycles. The molecule has 2 aromatic carbocycles. The second-order valence-electron chi connectivity index (χ2n) is 5.88. The number of hydrogen-bond donors (Lipinski definition) is 1. The van der Waals surface area contributed by atoms with E-state index < -0.39 is 11.7 Å². The standard InChI is InChI=1S/C19H18Cl2F3NO3/c1-12(13-4-6-14(7-5-13)19(22,23)24)25-28-9-3-2-8-27-18-16(20)10-15(26)11-17(18)21/h4-7,10-11,26H,2-3,8-9H2,1H3. The Labute approximate surface area is 170 Å². The minimum absolute atomic E-state index is 0.0444. The number of phenolic OH excluding ortho intramolecular Hbond substituents is 1. The Balaban J connectivity index is 1.72. The lowest BCUT2D eigenvalue weighted by Gasteiger charge is -2.10. The van der Waals surface area contributed by atoms with Crippen molar-refractivity contribution in [3.63, 3.8) is 0 Å². The van der Waals surface area contributed by atoms with E-state index >= 15 is 0 Å². The predicted molar refractivity (Wildman–Crippen MR) is 102 cm³/mol. The van der Waals surface area contributed by atoms with Gasteiger partial charge in [0.15, 0.2) is 5.75 Å². The van der Waals surface area contributed by atoms with Gasteiger partial charge in [-0.25, -0.2) is 0 Å². The van der Waals surface area contributed by atoms with Crippen LogP contribution in [0.1, 0.15) is 30.9 Å². The summed E-state index contributed by atoms with van der Waals surface area (Å²) < 4.78 is 43.2. The lowest BCUT2D eigenvalue weighted by Crippen LogP contribution is -2.05. The number of rotatable bonds is 8. The molecule has 0 radical (unpaired) electrons. The molecule has 0 fully saturated rings. The zero-order chi connectivity index (χ0) is 20.7. The van der Waals surface area contributed by atoms with Gasteiger partial charge in [0.25, 0.3) is 0 Å². The van der Waals surface area contributed by atoms with Gasteiger partial charge < -0.3 is 14.7 Å². The van der Waals surface area contributed by atoms with Crippen LogP contribution in [0.4, 0.5) is 13.2 Å². The van der Waals surface area contributed by atoms with E-state index in [4.69, 9.17) is 32.8 Å². The third kappa shape index (κ3) is 6.49. The Morgan fingerprint density at radius 1 is 1.04 bits per heavy atom. The number of aromatic hydroxyl groups is 1. The number of ether oxygens (including phenoxy) is 1. The van der Waals surface area contributed by atoms with Crippen LogP contribution in [0.2, 0.25) is 10.0 Å². The van der Waals surface area contributed by atoms with Crippen molar-refractivity contribution in [1.29, 1.82) is 0 Å². The average Bonchev–Trinajstić information content (AvgIpc) is 2.61. The van der Waals surface area contributed by atoms with E-state index in [9.17, 15) is 18.3 Å². The summed E-state index contributed by atoms with van der Waals surface area (Å²) in [6.07, 6.45) is -3.09. The second kappa shape index (κ2) is 9.89. The Morgan fingerprint density at radius 3 is 2.18 bits per heavy atom. The molecule has 4 nitrogen and oxygen atoms in total. The molecule has 2 rings (SSSR count). The summed E-state index contributed by atoms with van der Waals surface area (Å²) in [5, 5.41) is 13.7. The molecule has 0 aliphatic carbocycles. The van der Waals surface area contributed by atoms with Crippen molar-refractivity contribution < 1.29 is 27.9 Å². The SMILES string of the molecule is CC(=NOCCCCOc1c(Cl)cc(O)cc1Cl)c1ccc(C(F)(F)F)cc1. The van der Waals surface area contributed by atoms with Crippen LogP contribution in [0.5, 0.6) is 11.5 Å². The van der Waals surface area contributed by atoms with Gasteiger partial charge in [-0.1, -0.05) is 40.5 Å². The maximum Gasteiger partial charge on any atom is 0.416 e. The highest BCUT2D eigenvalue weighted by Gasteiger charge is 2.29. The zero-order valence-electron chi connectivity index (χ0n) is 14.9. The summed E-state index contributed by atoms with van der Waals surface area (Å²) in [5.41, 5.74) is 0.319. The summed E-state index contributed by atoms with van der Waals surface area (Å²) in [6, 6.07) is 7.39. The fraction of sp³-hybridized carbons (Fsp3) is 0.316. The fourth-order valence-electron chi connectivity index (χ4n) is 2.22. The Hall–Kier alpha value is -2.12. The van der Waals surface area contributed by atoms with Gasteiger partial charge in [0.05, 0.1) is 27.9 Å². The number of halogens is 5. The third-order valence-corrected chi connectivity index (χ3v) is 4.25. The van der Waals surface area contributed by atoms with Crippen LogP contribution in [0.3, 0.4) is 0 Å². The van der Waals surface area contributed by atoms with E-state index in [2.05, 4.69) is 5.16 Å². The molecule has 0 amide bonds. The average molecular weight is 436 g/mol. The van der Waals surface area contributed by atoms with Crippen LogP contribution in [-0.2, 0) is 11.0 Å². The zero-order valence-corrected chi connectivity index (χ0v) is 16.4. The van der Waals surface area contributed by atoms with Crippen molar-refractivity contribution in [3.8, 4) is 11.5 Å². The third-order valence-electron chi connectivity index (χ3n) is 3.69. The maximum absolute atomic E-state index is 12.6. The molecule has 28 heavy (non-hydrogen) atoms. The molecule has 0 spiro atoms. The summed E-state index contributed by atoms with van der Waals surface area (Å²) in [5.74, 6) is 0.259. The fourth-order valence-corrected chi connectivity index (χ4v) is 2.81. The molecule has 0 aromatic heterocycles. The normalized spacial score (nSPS) is 12.1. The molecular weight excluding hydrogens is 418 g/mol. The van der Waals surface area contributed by atoms with Gasteiger partial charge in [0.1, 0.15) is 12.4 Å². The van der Waals surface area contributed by atoms with E-state index in [1.54, 1.807) is 6.92 Å². The van der Waals surface area contributed by atoms with E-state index in [1.807, 2.05) is 0 Å². The smallest absolute Gasteiger partial charge is 0.416 e. The summed E-state index contributed by atoms with van der Waals surface area (Å²) in [7, 11) is 0. The summed E-state index contributed by atoms with van der Waals surface area (Å²) in [4.78, 5) is 5.19. The largest absolute Gasteiger partial charge is 0.508 e. The molecule has 0 atom stereocenters. The van der Waals surface area contributed by atoms with E-state index in [0.29, 0.717) is 43.1 Å². The van der Waals surface area contributed by atoms with Crippen LogP contribution in [0, 0.1) is 0 Å². The monoisotopic (exact) mass is 435 g/mol. The predicted octanol–water partition coefficient (Wildman–Crippen LogP) is 6.32. The van der Waals surface area contributed by atoms with E-state index in [1.165, 1.54) is 24.3 Å². The van der Waals surface area contributed by atoms with Crippen molar-refractivity contribution in [2.45, 2.75) is 25.9 Å². The first kappa shape index (κ1) is 22.2. The van der Waals surface area contributed by atoms with Crippen LogP contribution >= 0.6 is 23.2 Å². The highest BCUT2D eigenvalue weighted by molar-refractivity contribution is 6.37. The van der Waals surface area contributed by atoms with Crippen molar-refractivity contribution in [3.05, 3.63) is 57.6 Å². The van der Waals surface area contributed by atoms with Gasteiger partial charge in [-0.2, -0.15) is 13.2 Å². The first-order chi connectivity index (χ1) is 13.2. The molecule has 9 heteroatoms. The topological polar surface area (TPSA) is 51.0 Å². The van der Waals surface area contributed by atoms with Crippen LogP contribution in [-0.4, -0.2) is 24.0 Å².